The summed E-state index contributed by atoms with van der Waals surface area (Å²) in [5, 5.41) is 16.9. The van der Waals surface area contributed by atoms with Crippen molar-refractivity contribution in [2.45, 2.75) is 12.2 Å². The summed E-state index contributed by atoms with van der Waals surface area (Å²) in [5.41, 5.74) is 3.62. The van der Waals surface area contributed by atoms with E-state index >= 15 is 0 Å². The maximum Gasteiger partial charge on any atom is 0.0592 e. The molecule has 0 aliphatic carbocycles. The fraction of sp³-hybridized carbons (Fsp3) is 0.200. The average Bonchev–Trinajstić information content (AvgIpc) is 2.63. The predicted octanol–water partition coefficient (Wildman–Crippen LogP) is 3.73. The van der Waals surface area contributed by atoms with Gasteiger partial charge < -0.3 is 10.3 Å². The van der Waals surface area contributed by atoms with Gasteiger partial charge in [0, 0.05) is 12.5 Å². The van der Waals surface area contributed by atoms with Crippen LogP contribution in [0.15, 0.2) is 78.9 Å². The molecule has 2 heterocycles. The molecular weight excluding hydrogens is 284 g/mol. The van der Waals surface area contributed by atoms with E-state index in [-0.39, 0.29) is 18.1 Å². The van der Waals surface area contributed by atoms with Gasteiger partial charge in [-0.25, -0.2) is 0 Å². The second-order valence-corrected chi connectivity index (χ2v) is 6.05. The highest BCUT2D eigenvalue weighted by molar-refractivity contribution is 5.72. The SMILES string of the molecule is [O-]N1CC=CC2C=C(c3ccccc3)C(c3ccccc3)NC21. The highest BCUT2D eigenvalue weighted by Crippen LogP contribution is 2.37. The third-order valence-electron chi connectivity index (χ3n) is 4.58. The lowest BCUT2D eigenvalue weighted by Gasteiger charge is -2.47. The van der Waals surface area contributed by atoms with E-state index in [0.29, 0.717) is 6.54 Å². The zero-order valence-electron chi connectivity index (χ0n) is 12.8. The smallest absolute Gasteiger partial charge is 0.0592 e. The maximum atomic E-state index is 12.2. The molecule has 3 nitrogen and oxygen atoms in total. The van der Waals surface area contributed by atoms with E-state index in [1.54, 1.807) is 0 Å². The molecule has 2 aromatic carbocycles. The first-order valence-electron chi connectivity index (χ1n) is 8.01. The summed E-state index contributed by atoms with van der Waals surface area (Å²) < 4.78 is 0. The first-order chi connectivity index (χ1) is 11.3. The second kappa shape index (κ2) is 6.13. The van der Waals surface area contributed by atoms with Gasteiger partial charge in [-0.15, -0.1) is 0 Å². The number of hydrogen-bond donors (Lipinski definition) is 1. The van der Waals surface area contributed by atoms with Crippen LogP contribution in [0, 0.1) is 11.1 Å². The lowest BCUT2D eigenvalue weighted by molar-refractivity contribution is 0.195. The van der Waals surface area contributed by atoms with Gasteiger partial charge in [0.15, 0.2) is 0 Å². The molecule has 0 aromatic heterocycles. The molecule has 4 rings (SSSR count). The molecule has 3 unspecified atom stereocenters. The Balaban J connectivity index is 1.80. The molecule has 0 bridgehead atoms. The molecule has 1 N–H and O–H groups in total. The van der Waals surface area contributed by atoms with Crippen molar-refractivity contribution in [1.29, 1.82) is 0 Å². The van der Waals surface area contributed by atoms with Crippen LogP contribution < -0.4 is 5.32 Å². The van der Waals surface area contributed by atoms with Gasteiger partial charge >= 0.3 is 0 Å². The molecular formula is C20H19N2O-. The van der Waals surface area contributed by atoms with Crippen molar-refractivity contribution in [3.05, 3.63) is 95.2 Å². The van der Waals surface area contributed by atoms with Crippen LogP contribution in [-0.2, 0) is 0 Å². The van der Waals surface area contributed by atoms with E-state index in [2.05, 4.69) is 53.9 Å². The Kier molecular flexibility index (Phi) is 3.83. The standard InChI is InChI=1S/C20H19N2O/c23-22-13-7-12-17-14-18(15-8-3-1-4-9-15)19(21-20(17)22)16-10-5-2-6-11-16/h1-12,14,17,19-21H,13H2/q-1. The Hall–Kier alpha value is -2.20. The molecule has 116 valence electrons. The summed E-state index contributed by atoms with van der Waals surface area (Å²) in [6.45, 7) is 0.449. The fourth-order valence-electron chi connectivity index (χ4n) is 3.45. The molecule has 23 heavy (non-hydrogen) atoms. The number of nitrogens with zero attached hydrogens (tertiary/aromatic N) is 1. The van der Waals surface area contributed by atoms with E-state index in [9.17, 15) is 5.21 Å². The molecule has 0 spiro atoms. The quantitative estimate of drug-likeness (QED) is 0.859. The summed E-state index contributed by atoms with van der Waals surface area (Å²) in [4.78, 5) is 0. The van der Waals surface area contributed by atoms with E-state index in [4.69, 9.17) is 0 Å². The highest BCUT2D eigenvalue weighted by atomic mass is 16.5. The lowest BCUT2D eigenvalue weighted by atomic mass is 9.84. The van der Waals surface area contributed by atoms with Crippen molar-refractivity contribution in [1.82, 2.24) is 10.4 Å². The Bertz CT molecular complexity index is 724. The van der Waals surface area contributed by atoms with Crippen molar-refractivity contribution in [3.63, 3.8) is 0 Å². The minimum Gasteiger partial charge on any atom is -0.784 e. The molecule has 2 aromatic rings. The van der Waals surface area contributed by atoms with Gasteiger partial charge in [0.2, 0.25) is 0 Å². The Morgan fingerprint density at radius 3 is 2.39 bits per heavy atom. The molecule has 0 radical (unpaired) electrons. The van der Waals surface area contributed by atoms with Crippen molar-refractivity contribution < 1.29 is 0 Å². The average molecular weight is 303 g/mol. The molecule has 2 aliphatic rings. The van der Waals surface area contributed by atoms with Crippen LogP contribution in [0.2, 0.25) is 0 Å². The van der Waals surface area contributed by atoms with E-state index in [1.807, 2.05) is 30.3 Å². The van der Waals surface area contributed by atoms with E-state index in [0.717, 1.165) is 5.06 Å². The van der Waals surface area contributed by atoms with E-state index < -0.39 is 0 Å². The van der Waals surface area contributed by atoms with Gasteiger partial charge in [0.1, 0.15) is 0 Å². The number of fused-ring (bicyclic) bond motifs is 1. The van der Waals surface area contributed by atoms with Crippen molar-refractivity contribution in [3.8, 4) is 0 Å². The van der Waals surface area contributed by atoms with Crippen LogP contribution in [0.5, 0.6) is 0 Å². The van der Waals surface area contributed by atoms with Crippen molar-refractivity contribution in [2.75, 3.05) is 6.54 Å². The number of rotatable bonds is 2. The number of hydrogen-bond acceptors (Lipinski definition) is 3. The summed E-state index contributed by atoms with van der Waals surface area (Å²) in [6, 6.07) is 20.8. The Morgan fingerprint density at radius 2 is 1.65 bits per heavy atom. The lowest BCUT2D eigenvalue weighted by Crippen LogP contribution is -2.52. The Morgan fingerprint density at radius 1 is 0.957 bits per heavy atom. The van der Waals surface area contributed by atoms with Gasteiger partial charge in [0.25, 0.3) is 0 Å². The summed E-state index contributed by atoms with van der Waals surface area (Å²) >= 11 is 0. The van der Waals surface area contributed by atoms with Crippen molar-refractivity contribution >= 4 is 5.57 Å². The van der Waals surface area contributed by atoms with Crippen LogP contribution in [0.4, 0.5) is 0 Å². The van der Waals surface area contributed by atoms with Gasteiger partial charge in [-0.3, -0.25) is 5.32 Å². The molecule has 2 aliphatic heterocycles. The third-order valence-corrected chi connectivity index (χ3v) is 4.58. The first-order valence-corrected chi connectivity index (χ1v) is 8.01. The van der Waals surface area contributed by atoms with Gasteiger partial charge in [-0.2, -0.15) is 0 Å². The zero-order valence-corrected chi connectivity index (χ0v) is 12.8. The molecule has 0 amide bonds. The summed E-state index contributed by atoms with van der Waals surface area (Å²) in [7, 11) is 0. The normalized spacial score (nSPS) is 27.3. The minimum atomic E-state index is -0.197. The first kappa shape index (κ1) is 14.4. The van der Waals surface area contributed by atoms with Gasteiger partial charge in [-0.1, -0.05) is 78.9 Å². The van der Waals surface area contributed by atoms with Crippen LogP contribution >= 0.6 is 0 Å². The number of hydroxylamine groups is 2. The van der Waals surface area contributed by atoms with Crippen LogP contribution in [0.3, 0.4) is 0 Å². The topological polar surface area (TPSA) is 38.3 Å². The van der Waals surface area contributed by atoms with Gasteiger partial charge in [-0.05, 0) is 16.7 Å². The summed E-state index contributed by atoms with van der Waals surface area (Å²) in [5.74, 6) is 0.108. The highest BCUT2D eigenvalue weighted by Gasteiger charge is 2.32. The predicted molar refractivity (Wildman–Crippen MR) is 93.2 cm³/mol. The number of nitrogens with one attached hydrogen (secondary N) is 1. The second-order valence-electron chi connectivity index (χ2n) is 6.05. The molecule has 3 heteroatoms. The molecule has 0 saturated carbocycles. The number of benzene rings is 2. The van der Waals surface area contributed by atoms with E-state index in [1.165, 1.54) is 16.7 Å². The van der Waals surface area contributed by atoms with Gasteiger partial charge in [0.05, 0.1) is 12.2 Å². The molecule has 0 saturated heterocycles. The third kappa shape index (κ3) is 2.75. The van der Waals surface area contributed by atoms with Crippen LogP contribution in [0.25, 0.3) is 5.57 Å². The zero-order chi connectivity index (χ0) is 15.6. The summed E-state index contributed by atoms with van der Waals surface area (Å²) in [6.07, 6.45) is 6.14. The van der Waals surface area contributed by atoms with Crippen molar-refractivity contribution in [2.24, 2.45) is 5.92 Å². The fourth-order valence-corrected chi connectivity index (χ4v) is 3.45. The van der Waals surface area contributed by atoms with Crippen LogP contribution in [-0.4, -0.2) is 17.8 Å². The Labute approximate surface area is 136 Å². The van der Waals surface area contributed by atoms with Crippen LogP contribution in [0.1, 0.15) is 17.2 Å². The minimum absolute atomic E-state index is 0.0304. The largest absolute Gasteiger partial charge is 0.784 e. The monoisotopic (exact) mass is 303 g/mol. The molecule has 3 atom stereocenters. The maximum absolute atomic E-state index is 12.2. The molecule has 0 fully saturated rings.